The average Bonchev–Trinajstić information content (AvgIpc) is 2.78. The van der Waals surface area contributed by atoms with Crippen LogP contribution in [0, 0.1) is 6.92 Å². The van der Waals surface area contributed by atoms with Crippen LogP contribution in [-0.2, 0) is 4.74 Å². The molecule has 100 valence electrons. The maximum atomic E-state index is 11.3. The molecule has 2 aromatic heterocycles. The van der Waals surface area contributed by atoms with E-state index in [0.717, 1.165) is 24.4 Å². The summed E-state index contributed by atoms with van der Waals surface area (Å²) in [6.07, 6.45) is 1.71. The van der Waals surface area contributed by atoms with Gasteiger partial charge in [0.1, 0.15) is 5.82 Å². The summed E-state index contributed by atoms with van der Waals surface area (Å²) < 4.78 is 7.01. The Labute approximate surface area is 110 Å². The van der Waals surface area contributed by atoms with Crippen LogP contribution < -0.4 is 0 Å². The summed E-state index contributed by atoms with van der Waals surface area (Å²) in [4.78, 5) is 15.6. The van der Waals surface area contributed by atoms with Gasteiger partial charge in [-0.15, -0.1) is 0 Å². The molecule has 0 aromatic carbocycles. The van der Waals surface area contributed by atoms with Crippen molar-refractivity contribution in [3.05, 3.63) is 29.3 Å². The molecular formula is C13H15N3O3. The zero-order chi connectivity index (χ0) is 13.4. The molecule has 1 aliphatic rings. The van der Waals surface area contributed by atoms with E-state index < -0.39 is 5.97 Å². The molecule has 1 N–H and O–H groups in total. The molecule has 0 spiro atoms. The third kappa shape index (κ3) is 2.08. The number of aryl methyl sites for hydroxylation is 1. The molecule has 0 aliphatic carbocycles. The Bertz CT molecular complexity index is 629. The summed E-state index contributed by atoms with van der Waals surface area (Å²) in [5, 5.41) is 13.6. The predicted octanol–water partition coefficient (Wildman–Crippen LogP) is 1.63. The number of imidazole rings is 1. The Balaban J connectivity index is 2.17. The lowest BCUT2D eigenvalue weighted by Crippen LogP contribution is -2.17. The van der Waals surface area contributed by atoms with Gasteiger partial charge in [0.2, 0.25) is 0 Å². The van der Waals surface area contributed by atoms with Gasteiger partial charge in [0, 0.05) is 19.1 Å². The number of hydrogen-bond acceptors (Lipinski definition) is 4. The van der Waals surface area contributed by atoms with Crippen LogP contribution in [0.4, 0.5) is 0 Å². The molecule has 0 bridgehead atoms. The Morgan fingerprint density at radius 1 is 1.42 bits per heavy atom. The summed E-state index contributed by atoms with van der Waals surface area (Å²) in [7, 11) is 0. The molecular weight excluding hydrogens is 246 g/mol. The minimum absolute atomic E-state index is 0.0778. The molecule has 0 unspecified atom stereocenters. The maximum absolute atomic E-state index is 11.3. The van der Waals surface area contributed by atoms with E-state index in [-0.39, 0.29) is 11.6 Å². The Morgan fingerprint density at radius 3 is 2.84 bits per heavy atom. The van der Waals surface area contributed by atoms with Crippen molar-refractivity contribution in [1.29, 1.82) is 0 Å². The largest absolute Gasteiger partial charge is 0.476 e. The zero-order valence-corrected chi connectivity index (χ0v) is 10.7. The minimum atomic E-state index is -1.01. The monoisotopic (exact) mass is 261 g/mol. The van der Waals surface area contributed by atoms with Gasteiger partial charge in [-0.2, -0.15) is 5.10 Å². The molecule has 1 saturated heterocycles. The predicted molar refractivity (Wildman–Crippen MR) is 67.5 cm³/mol. The van der Waals surface area contributed by atoms with E-state index in [4.69, 9.17) is 4.74 Å². The second-order valence-corrected chi connectivity index (χ2v) is 4.78. The summed E-state index contributed by atoms with van der Waals surface area (Å²) >= 11 is 0. The molecule has 6 nitrogen and oxygen atoms in total. The fraction of sp³-hybridized carbons (Fsp3) is 0.462. The fourth-order valence-electron chi connectivity index (χ4n) is 2.47. The van der Waals surface area contributed by atoms with E-state index in [0.29, 0.717) is 18.7 Å². The minimum Gasteiger partial charge on any atom is -0.476 e. The number of rotatable bonds is 2. The lowest BCUT2D eigenvalue weighted by molar-refractivity contribution is 0.0692. The molecule has 0 amide bonds. The highest BCUT2D eigenvalue weighted by Crippen LogP contribution is 2.27. The molecule has 2 aromatic rings. The van der Waals surface area contributed by atoms with Gasteiger partial charge in [-0.25, -0.2) is 14.3 Å². The number of carboxylic acids is 1. The van der Waals surface area contributed by atoms with Crippen molar-refractivity contribution < 1.29 is 14.6 Å². The lowest BCUT2D eigenvalue weighted by Gasteiger charge is -2.20. The number of aromatic nitrogens is 3. The van der Waals surface area contributed by atoms with Crippen molar-refractivity contribution in [2.75, 3.05) is 13.2 Å². The van der Waals surface area contributed by atoms with E-state index in [1.54, 1.807) is 16.6 Å². The van der Waals surface area contributed by atoms with E-state index >= 15 is 0 Å². The number of nitrogens with zero attached hydrogens (tertiary/aromatic N) is 3. The zero-order valence-electron chi connectivity index (χ0n) is 10.7. The molecule has 1 fully saturated rings. The third-order valence-corrected chi connectivity index (χ3v) is 3.44. The summed E-state index contributed by atoms with van der Waals surface area (Å²) in [5.74, 6) is -0.0653. The Morgan fingerprint density at radius 2 is 2.16 bits per heavy atom. The van der Waals surface area contributed by atoms with Crippen LogP contribution in [-0.4, -0.2) is 38.9 Å². The SMILES string of the molecule is Cc1ccc2c(C(=O)O)nc(C3CCOCC3)n2n1. The van der Waals surface area contributed by atoms with Gasteiger partial charge in [0.05, 0.1) is 11.2 Å². The van der Waals surface area contributed by atoms with Crippen molar-refractivity contribution in [1.82, 2.24) is 14.6 Å². The van der Waals surface area contributed by atoms with E-state index in [9.17, 15) is 9.90 Å². The first kappa shape index (κ1) is 12.1. The summed E-state index contributed by atoms with van der Waals surface area (Å²) in [5.41, 5.74) is 1.48. The number of ether oxygens (including phenoxy) is 1. The molecule has 1 aliphatic heterocycles. The molecule has 0 atom stereocenters. The first-order chi connectivity index (χ1) is 9.16. The second-order valence-electron chi connectivity index (χ2n) is 4.78. The van der Waals surface area contributed by atoms with Gasteiger partial charge in [-0.05, 0) is 31.9 Å². The van der Waals surface area contributed by atoms with Crippen LogP contribution in [0.15, 0.2) is 12.1 Å². The van der Waals surface area contributed by atoms with Crippen molar-refractivity contribution in [2.24, 2.45) is 0 Å². The van der Waals surface area contributed by atoms with Crippen molar-refractivity contribution >= 4 is 11.5 Å². The number of carboxylic acid groups (broad SMARTS) is 1. The van der Waals surface area contributed by atoms with Crippen LogP contribution in [0.2, 0.25) is 0 Å². The second kappa shape index (κ2) is 4.62. The standard InChI is InChI=1S/C13H15N3O3/c1-8-2-3-10-11(13(17)18)14-12(16(10)15-8)9-4-6-19-7-5-9/h2-3,9H,4-7H2,1H3,(H,17,18). The Kier molecular flexibility index (Phi) is 2.94. The van der Waals surface area contributed by atoms with Gasteiger partial charge in [0.25, 0.3) is 0 Å². The van der Waals surface area contributed by atoms with Crippen LogP contribution in [0.25, 0.3) is 5.52 Å². The number of carbonyl (C=O) groups is 1. The highest BCUT2D eigenvalue weighted by molar-refractivity contribution is 5.93. The van der Waals surface area contributed by atoms with Gasteiger partial charge in [-0.3, -0.25) is 0 Å². The first-order valence-electron chi connectivity index (χ1n) is 6.34. The molecule has 6 heteroatoms. The van der Waals surface area contributed by atoms with Gasteiger partial charge < -0.3 is 9.84 Å². The summed E-state index contributed by atoms with van der Waals surface area (Å²) in [6.45, 7) is 3.26. The van der Waals surface area contributed by atoms with E-state index in [1.807, 2.05) is 6.92 Å². The summed E-state index contributed by atoms with van der Waals surface area (Å²) in [6, 6.07) is 3.57. The first-order valence-corrected chi connectivity index (χ1v) is 6.34. The Hall–Kier alpha value is -1.95. The molecule has 0 saturated carbocycles. The van der Waals surface area contributed by atoms with Crippen molar-refractivity contribution in [3.63, 3.8) is 0 Å². The molecule has 3 rings (SSSR count). The smallest absolute Gasteiger partial charge is 0.356 e. The normalized spacial score (nSPS) is 16.9. The fourth-order valence-corrected chi connectivity index (χ4v) is 2.47. The number of aromatic carboxylic acids is 1. The van der Waals surface area contributed by atoms with Gasteiger partial charge >= 0.3 is 5.97 Å². The average molecular weight is 261 g/mol. The molecule has 3 heterocycles. The highest BCUT2D eigenvalue weighted by atomic mass is 16.5. The van der Waals surface area contributed by atoms with Crippen molar-refractivity contribution in [2.45, 2.75) is 25.7 Å². The van der Waals surface area contributed by atoms with Crippen LogP contribution in [0.5, 0.6) is 0 Å². The third-order valence-electron chi connectivity index (χ3n) is 3.44. The topological polar surface area (TPSA) is 76.7 Å². The maximum Gasteiger partial charge on any atom is 0.356 e. The van der Waals surface area contributed by atoms with Gasteiger partial charge in [0.15, 0.2) is 5.69 Å². The van der Waals surface area contributed by atoms with Gasteiger partial charge in [-0.1, -0.05) is 0 Å². The van der Waals surface area contributed by atoms with E-state index in [1.165, 1.54) is 0 Å². The van der Waals surface area contributed by atoms with Crippen LogP contribution >= 0.6 is 0 Å². The molecule has 19 heavy (non-hydrogen) atoms. The lowest BCUT2D eigenvalue weighted by atomic mass is 10.00. The number of fused-ring (bicyclic) bond motifs is 1. The highest BCUT2D eigenvalue weighted by Gasteiger charge is 2.25. The molecule has 0 radical (unpaired) electrons. The quantitative estimate of drug-likeness (QED) is 0.889. The number of hydrogen-bond donors (Lipinski definition) is 1. The van der Waals surface area contributed by atoms with Crippen molar-refractivity contribution in [3.8, 4) is 0 Å². The van der Waals surface area contributed by atoms with E-state index in [2.05, 4.69) is 10.1 Å². The van der Waals surface area contributed by atoms with Crippen LogP contribution in [0.3, 0.4) is 0 Å². The van der Waals surface area contributed by atoms with Crippen LogP contribution in [0.1, 0.15) is 40.8 Å².